The first-order chi connectivity index (χ1) is 13.7. The van der Waals surface area contributed by atoms with Crippen LogP contribution in [0.1, 0.15) is 36.9 Å². The second-order valence-electron chi connectivity index (χ2n) is 7.60. The van der Waals surface area contributed by atoms with Crippen LogP contribution < -0.4 is 10.6 Å². The summed E-state index contributed by atoms with van der Waals surface area (Å²) in [5, 5.41) is 8.16. The predicted molar refractivity (Wildman–Crippen MR) is 107 cm³/mol. The molecule has 2 amide bonds. The number of rotatable bonds is 6. The van der Waals surface area contributed by atoms with E-state index in [1.165, 1.54) is 11.3 Å². The molecule has 0 saturated carbocycles. The Morgan fingerprint density at radius 3 is 3.07 bits per heavy atom. The number of hydrogen-bond acceptors (Lipinski definition) is 6. The monoisotopic (exact) mass is 399 g/mol. The summed E-state index contributed by atoms with van der Waals surface area (Å²) in [6.07, 6.45) is 7.36. The zero-order chi connectivity index (χ0) is 19.4. The molecule has 0 radical (unpaired) electrons. The molecule has 148 valence electrons. The summed E-state index contributed by atoms with van der Waals surface area (Å²) >= 11 is 1.53. The summed E-state index contributed by atoms with van der Waals surface area (Å²) in [4.78, 5) is 36.1. The van der Waals surface area contributed by atoms with Crippen LogP contribution in [0.4, 0.5) is 0 Å². The van der Waals surface area contributed by atoms with Gasteiger partial charge in [0.05, 0.1) is 24.2 Å². The lowest BCUT2D eigenvalue weighted by Gasteiger charge is -2.40. The van der Waals surface area contributed by atoms with E-state index in [9.17, 15) is 9.59 Å². The minimum atomic E-state index is -0.513. The fraction of sp³-hybridized carbons (Fsp3) is 0.500. The van der Waals surface area contributed by atoms with E-state index in [2.05, 4.69) is 25.5 Å². The van der Waals surface area contributed by atoms with Crippen LogP contribution in [-0.2, 0) is 22.6 Å². The van der Waals surface area contributed by atoms with E-state index in [1.54, 1.807) is 17.9 Å². The highest BCUT2D eigenvalue weighted by Gasteiger charge is 2.52. The molecule has 0 spiro atoms. The maximum Gasteiger partial charge on any atom is 0.240 e. The number of thiazole rings is 1. The van der Waals surface area contributed by atoms with E-state index < -0.39 is 5.54 Å². The Bertz CT molecular complexity index is 813. The number of aromatic nitrogens is 2. The number of hydrogen-bond donors (Lipinski definition) is 2. The molecule has 0 unspecified atom stereocenters. The Labute approximate surface area is 168 Å². The SMILES string of the molecule is O=C(Cc1cccnc1)N[C@@H]1CN2CCCC[C@@]2(C(=O)NCc2cscn2)C1. The number of amides is 2. The number of pyridine rings is 1. The minimum absolute atomic E-state index is 0.00714. The summed E-state index contributed by atoms with van der Waals surface area (Å²) in [5.41, 5.74) is 3.04. The van der Waals surface area contributed by atoms with Crippen molar-refractivity contribution in [2.24, 2.45) is 0 Å². The second kappa shape index (κ2) is 8.36. The number of carbonyl (C=O) groups excluding carboxylic acids is 2. The third kappa shape index (κ3) is 4.07. The van der Waals surface area contributed by atoms with Gasteiger partial charge in [-0.15, -0.1) is 11.3 Å². The highest BCUT2D eigenvalue weighted by molar-refractivity contribution is 7.07. The third-order valence-electron chi connectivity index (χ3n) is 5.69. The molecule has 2 N–H and O–H groups in total. The molecule has 7 nitrogen and oxygen atoms in total. The van der Waals surface area contributed by atoms with Gasteiger partial charge < -0.3 is 10.6 Å². The molecule has 2 fully saturated rings. The van der Waals surface area contributed by atoms with E-state index in [4.69, 9.17) is 0 Å². The van der Waals surface area contributed by atoms with Crippen LogP contribution in [0.2, 0.25) is 0 Å². The molecule has 4 rings (SSSR count). The largest absolute Gasteiger partial charge is 0.352 e. The predicted octanol–water partition coefficient (Wildman–Crippen LogP) is 1.51. The van der Waals surface area contributed by atoms with Crippen LogP contribution in [0, 0.1) is 0 Å². The van der Waals surface area contributed by atoms with Crippen molar-refractivity contribution >= 4 is 23.2 Å². The maximum atomic E-state index is 13.1. The summed E-state index contributed by atoms with van der Waals surface area (Å²) in [6.45, 7) is 2.08. The Morgan fingerprint density at radius 1 is 1.36 bits per heavy atom. The molecule has 2 aromatic rings. The van der Waals surface area contributed by atoms with Crippen molar-refractivity contribution in [3.63, 3.8) is 0 Å². The number of nitrogens with one attached hydrogen (secondary N) is 2. The van der Waals surface area contributed by atoms with E-state index in [-0.39, 0.29) is 17.9 Å². The van der Waals surface area contributed by atoms with Gasteiger partial charge in [-0.1, -0.05) is 6.07 Å². The van der Waals surface area contributed by atoms with Gasteiger partial charge in [-0.2, -0.15) is 0 Å². The first-order valence-electron chi connectivity index (χ1n) is 9.74. The molecule has 0 bridgehead atoms. The third-order valence-corrected chi connectivity index (χ3v) is 6.32. The molecule has 2 atom stereocenters. The van der Waals surface area contributed by atoms with Crippen LogP contribution in [0.3, 0.4) is 0 Å². The molecular formula is C20H25N5O2S. The van der Waals surface area contributed by atoms with Crippen LogP contribution in [-0.4, -0.2) is 51.4 Å². The van der Waals surface area contributed by atoms with Gasteiger partial charge in [-0.3, -0.25) is 19.5 Å². The summed E-state index contributed by atoms with van der Waals surface area (Å²) in [6, 6.07) is 3.73. The molecule has 0 aliphatic carbocycles. The number of nitrogens with zero attached hydrogens (tertiary/aromatic N) is 3. The first-order valence-corrected chi connectivity index (χ1v) is 10.7. The average Bonchev–Trinajstić information content (AvgIpc) is 3.34. The highest BCUT2D eigenvalue weighted by atomic mass is 32.1. The van der Waals surface area contributed by atoms with Gasteiger partial charge in [0.1, 0.15) is 5.54 Å². The molecule has 28 heavy (non-hydrogen) atoms. The summed E-state index contributed by atoms with van der Waals surface area (Å²) < 4.78 is 0. The standard InChI is InChI=1S/C20H25N5O2S/c26-18(8-15-4-3-6-21-10-15)24-16-9-20(5-1-2-7-25(20)12-16)19(27)22-11-17-13-28-14-23-17/h3-4,6,10,13-14,16H,1-2,5,7-9,11-12H2,(H,22,27)(H,24,26)/t16-,20-/m0/s1. The number of fused-ring (bicyclic) bond motifs is 1. The molecule has 2 aromatic heterocycles. The topological polar surface area (TPSA) is 87.2 Å². The van der Waals surface area contributed by atoms with Crippen molar-refractivity contribution in [2.45, 2.75) is 50.2 Å². The van der Waals surface area contributed by atoms with Crippen molar-refractivity contribution < 1.29 is 9.59 Å². The molecule has 2 aliphatic rings. The van der Waals surface area contributed by atoms with Crippen molar-refractivity contribution in [2.75, 3.05) is 13.1 Å². The Balaban J connectivity index is 1.39. The second-order valence-corrected chi connectivity index (χ2v) is 8.32. The normalized spacial score (nSPS) is 24.5. The fourth-order valence-corrected chi connectivity index (χ4v) is 4.96. The van der Waals surface area contributed by atoms with Gasteiger partial charge in [-0.05, 0) is 43.9 Å². The highest BCUT2D eigenvalue weighted by Crippen LogP contribution is 2.38. The lowest BCUT2D eigenvalue weighted by Crippen LogP contribution is -2.57. The smallest absolute Gasteiger partial charge is 0.240 e. The Morgan fingerprint density at radius 2 is 2.29 bits per heavy atom. The van der Waals surface area contributed by atoms with E-state index in [0.29, 0.717) is 19.4 Å². The quantitative estimate of drug-likeness (QED) is 0.769. The van der Waals surface area contributed by atoms with Crippen LogP contribution >= 0.6 is 11.3 Å². The molecular weight excluding hydrogens is 374 g/mol. The van der Waals surface area contributed by atoms with E-state index in [0.717, 1.165) is 43.6 Å². The van der Waals surface area contributed by atoms with Crippen molar-refractivity contribution in [3.05, 3.63) is 46.7 Å². The lowest BCUT2D eigenvalue weighted by atomic mass is 9.84. The maximum absolute atomic E-state index is 13.1. The number of carbonyl (C=O) groups is 2. The fourth-order valence-electron chi connectivity index (χ4n) is 4.40. The van der Waals surface area contributed by atoms with Crippen LogP contribution in [0.25, 0.3) is 0 Å². The molecule has 2 aliphatic heterocycles. The lowest BCUT2D eigenvalue weighted by molar-refractivity contribution is -0.134. The number of piperidine rings is 1. The zero-order valence-electron chi connectivity index (χ0n) is 15.8. The van der Waals surface area contributed by atoms with Gasteiger partial charge in [0, 0.05) is 30.4 Å². The van der Waals surface area contributed by atoms with Crippen molar-refractivity contribution in [1.29, 1.82) is 0 Å². The van der Waals surface area contributed by atoms with Crippen LogP contribution in [0.5, 0.6) is 0 Å². The van der Waals surface area contributed by atoms with Gasteiger partial charge in [0.15, 0.2) is 0 Å². The molecule has 2 saturated heterocycles. The molecule has 4 heterocycles. The van der Waals surface area contributed by atoms with Gasteiger partial charge in [-0.25, -0.2) is 4.98 Å². The van der Waals surface area contributed by atoms with Gasteiger partial charge in [0.2, 0.25) is 11.8 Å². The molecule has 0 aromatic carbocycles. The molecule has 8 heteroatoms. The van der Waals surface area contributed by atoms with E-state index in [1.807, 2.05) is 17.5 Å². The average molecular weight is 400 g/mol. The summed E-state index contributed by atoms with van der Waals surface area (Å²) in [5.74, 6) is 0.0417. The Hall–Kier alpha value is -2.32. The van der Waals surface area contributed by atoms with E-state index >= 15 is 0 Å². The first kappa shape index (κ1) is 19.0. The van der Waals surface area contributed by atoms with Gasteiger partial charge in [0.25, 0.3) is 0 Å². The van der Waals surface area contributed by atoms with Gasteiger partial charge >= 0.3 is 0 Å². The summed E-state index contributed by atoms with van der Waals surface area (Å²) in [7, 11) is 0. The van der Waals surface area contributed by atoms with Crippen LogP contribution in [0.15, 0.2) is 35.4 Å². The minimum Gasteiger partial charge on any atom is -0.352 e. The zero-order valence-corrected chi connectivity index (χ0v) is 16.6. The van der Waals surface area contributed by atoms with Crippen molar-refractivity contribution in [3.8, 4) is 0 Å². The Kier molecular flexibility index (Phi) is 5.68. The van der Waals surface area contributed by atoms with Crippen molar-refractivity contribution in [1.82, 2.24) is 25.5 Å².